The molecule has 2 rings (SSSR count). The van der Waals surface area contributed by atoms with E-state index < -0.39 is 17.8 Å². The lowest BCUT2D eigenvalue weighted by atomic mass is 10.0. The van der Waals surface area contributed by atoms with Gasteiger partial charge in [-0.1, -0.05) is 6.07 Å². The van der Waals surface area contributed by atoms with Gasteiger partial charge >= 0.3 is 11.9 Å². The van der Waals surface area contributed by atoms with Crippen LogP contribution in [0.25, 0.3) is 0 Å². The topological polar surface area (TPSA) is 43.4 Å². The number of cyclic esters (lactones) is 2. The van der Waals surface area contributed by atoms with Crippen molar-refractivity contribution in [2.45, 2.75) is 6.42 Å². The van der Waals surface area contributed by atoms with Crippen molar-refractivity contribution in [2.24, 2.45) is 0 Å². The summed E-state index contributed by atoms with van der Waals surface area (Å²) in [6.45, 7) is 0. The van der Waals surface area contributed by atoms with Crippen LogP contribution in [0, 0.1) is 5.82 Å². The number of carbonyl (C=O) groups excluding carboxylic acids is 2. The minimum Gasteiger partial charge on any atom is -0.389 e. The summed E-state index contributed by atoms with van der Waals surface area (Å²) in [5.41, 5.74) is 0.655. The Balaban J connectivity index is 2.55. The van der Waals surface area contributed by atoms with E-state index in [4.69, 9.17) is 0 Å². The maximum Gasteiger partial charge on any atom is 0.346 e. The Bertz CT molecular complexity index is 398. The molecule has 0 spiro atoms. The highest BCUT2D eigenvalue weighted by atomic mass is 19.1. The summed E-state index contributed by atoms with van der Waals surface area (Å²) in [5.74, 6) is -1.88. The molecular weight excluding hydrogens is 175 g/mol. The van der Waals surface area contributed by atoms with Crippen molar-refractivity contribution >= 4 is 11.9 Å². The van der Waals surface area contributed by atoms with E-state index in [1.54, 1.807) is 0 Å². The zero-order valence-electron chi connectivity index (χ0n) is 6.54. The van der Waals surface area contributed by atoms with Gasteiger partial charge in [0.15, 0.2) is 0 Å². The number of carbonyl (C=O) groups is 2. The van der Waals surface area contributed by atoms with E-state index in [1.807, 2.05) is 0 Å². The molecule has 0 atom stereocenters. The Hall–Kier alpha value is -1.71. The molecule has 0 unspecified atom stereocenters. The number of hydrogen-bond donors (Lipinski definition) is 0. The van der Waals surface area contributed by atoms with E-state index in [0.717, 1.165) is 6.07 Å². The van der Waals surface area contributed by atoms with Crippen LogP contribution in [0.5, 0.6) is 0 Å². The van der Waals surface area contributed by atoms with Gasteiger partial charge in [-0.15, -0.1) is 0 Å². The third-order valence-electron chi connectivity index (χ3n) is 1.83. The molecule has 3 nitrogen and oxygen atoms in total. The average Bonchev–Trinajstić information content (AvgIpc) is 2.06. The number of esters is 2. The van der Waals surface area contributed by atoms with E-state index >= 15 is 0 Å². The molecule has 1 aliphatic rings. The summed E-state index contributed by atoms with van der Waals surface area (Å²) in [6, 6.07) is 3.71. The lowest BCUT2D eigenvalue weighted by molar-refractivity contribution is -0.137. The van der Waals surface area contributed by atoms with Crippen molar-refractivity contribution in [1.29, 1.82) is 0 Å². The van der Waals surface area contributed by atoms with Crippen LogP contribution in [-0.2, 0) is 16.0 Å². The van der Waals surface area contributed by atoms with Crippen LogP contribution in [0.4, 0.5) is 4.39 Å². The first-order valence-electron chi connectivity index (χ1n) is 3.70. The molecule has 0 radical (unpaired) electrons. The van der Waals surface area contributed by atoms with Gasteiger partial charge < -0.3 is 4.74 Å². The van der Waals surface area contributed by atoms with Crippen LogP contribution in [0.3, 0.4) is 0 Å². The highest BCUT2D eigenvalue weighted by Crippen LogP contribution is 2.18. The summed E-state index contributed by atoms with van der Waals surface area (Å²) in [5, 5.41) is 0. The Labute approximate surface area is 73.1 Å². The van der Waals surface area contributed by atoms with E-state index in [1.165, 1.54) is 12.1 Å². The molecule has 66 valence electrons. The number of fused-ring (bicyclic) bond motifs is 1. The largest absolute Gasteiger partial charge is 0.389 e. The smallest absolute Gasteiger partial charge is 0.346 e. The molecule has 0 aromatic heterocycles. The molecule has 1 aliphatic heterocycles. The fourth-order valence-corrected chi connectivity index (χ4v) is 1.24. The third kappa shape index (κ3) is 1.30. The zero-order valence-corrected chi connectivity index (χ0v) is 6.54. The molecule has 13 heavy (non-hydrogen) atoms. The molecule has 1 aromatic carbocycles. The number of halogens is 1. The quantitative estimate of drug-likeness (QED) is 0.443. The van der Waals surface area contributed by atoms with Crippen molar-refractivity contribution in [2.75, 3.05) is 0 Å². The van der Waals surface area contributed by atoms with E-state index in [9.17, 15) is 14.0 Å². The second kappa shape index (κ2) is 2.65. The lowest BCUT2D eigenvalue weighted by Gasteiger charge is -2.12. The van der Waals surface area contributed by atoms with Gasteiger partial charge in [-0.3, -0.25) is 4.79 Å². The zero-order chi connectivity index (χ0) is 9.42. The van der Waals surface area contributed by atoms with Crippen LogP contribution in [0.2, 0.25) is 0 Å². The lowest BCUT2D eigenvalue weighted by Crippen LogP contribution is -2.22. The summed E-state index contributed by atoms with van der Waals surface area (Å²) in [4.78, 5) is 21.8. The molecular formula is C9H5FO3. The second-order valence-corrected chi connectivity index (χ2v) is 2.74. The van der Waals surface area contributed by atoms with Gasteiger partial charge in [0.2, 0.25) is 0 Å². The first-order valence-corrected chi connectivity index (χ1v) is 3.70. The van der Waals surface area contributed by atoms with Gasteiger partial charge in [-0.05, 0) is 17.7 Å². The normalized spacial score (nSPS) is 15.2. The average molecular weight is 180 g/mol. The fourth-order valence-electron chi connectivity index (χ4n) is 1.24. The Morgan fingerprint density at radius 3 is 2.85 bits per heavy atom. The van der Waals surface area contributed by atoms with Crippen molar-refractivity contribution in [3.8, 4) is 0 Å². The molecule has 0 fully saturated rings. The molecule has 4 heteroatoms. The van der Waals surface area contributed by atoms with Gasteiger partial charge in [0.25, 0.3) is 0 Å². The second-order valence-electron chi connectivity index (χ2n) is 2.74. The van der Waals surface area contributed by atoms with Gasteiger partial charge in [0.1, 0.15) is 5.82 Å². The SMILES string of the molecule is O=C1Cc2ccc(F)cc2C(=O)O1. The molecule has 0 saturated heterocycles. The summed E-state index contributed by atoms with van der Waals surface area (Å²) in [6.07, 6.45) is 0.0291. The molecule has 0 saturated carbocycles. The third-order valence-corrected chi connectivity index (χ3v) is 1.83. The van der Waals surface area contributed by atoms with E-state index in [-0.39, 0.29) is 12.0 Å². The summed E-state index contributed by atoms with van der Waals surface area (Å²) in [7, 11) is 0. The predicted molar refractivity (Wildman–Crippen MR) is 40.5 cm³/mol. The van der Waals surface area contributed by atoms with Crippen LogP contribution in [-0.4, -0.2) is 11.9 Å². The number of ether oxygens (including phenoxy) is 1. The van der Waals surface area contributed by atoms with Crippen molar-refractivity contribution in [3.63, 3.8) is 0 Å². The minimum absolute atomic E-state index is 0.0291. The first kappa shape index (κ1) is 7.91. The molecule has 0 N–H and O–H groups in total. The highest BCUT2D eigenvalue weighted by Gasteiger charge is 2.24. The van der Waals surface area contributed by atoms with Gasteiger partial charge in [-0.2, -0.15) is 0 Å². The monoisotopic (exact) mass is 180 g/mol. The van der Waals surface area contributed by atoms with E-state index in [2.05, 4.69) is 4.74 Å². The van der Waals surface area contributed by atoms with Crippen LogP contribution in [0.1, 0.15) is 15.9 Å². The Morgan fingerprint density at radius 1 is 1.31 bits per heavy atom. The Morgan fingerprint density at radius 2 is 2.08 bits per heavy atom. The molecule has 1 aromatic rings. The van der Waals surface area contributed by atoms with Gasteiger partial charge in [-0.25, -0.2) is 9.18 Å². The predicted octanol–water partition coefficient (Wildman–Crippen LogP) is 1.07. The molecule has 1 heterocycles. The highest BCUT2D eigenvalue weighted by molar-refractivity contribution is 6.02. The first-order chi connectivity index (χ1) is 6.16. The minimum atomic E-state index is -0.772. The maximum absolute atomic E-state index is 12.7. The van der Waals surface area contributed by atoms with Crippen LogP contribution >= 0.6 is 0 Å². The number of rotatable bonds is 0. The summed E-state index contributed by atoms with van der Waals surface area (Å²) < 4.78 is 17.0. The standard InChI is InChI=1S/C9H5FO3/c10-6-2-1-5-3-8(11)13-9(12)7(5)4-6/h1-2,4H,3H2. The molecule has 0 bridgehead atoms. The van der Waals surface area contributed by atoms with Crippen molar-refractivity contribution < 1.29 is 18.7 Å². The maximum atomic E-state index is 12.7. The van der Waals surface area contributed by atoms with Gasteiger partial charge in [0, 0.05) is 0 Å². The van der Waals surface area contributed by atoms with Crippen molar-refractivity contribution in [1.82, 2.24) is 0 Å². The number of hydrogen-bond acceptors (Lipinski definition) is 3. The van der Waals surface area contributed by atoms with Crippen LogP contribution < -0.4 is 0 Å². The molecule has 0 amide bonds. The van der Waals surface area contributed by atoms with Crippen molar-refractivity contribution in [3.05, 3.63) is 35.1 Å². The van der Waals surface area contributed by atoms with Crippen LogP contribution in [0.15, 0.2) is 18.2 Å². The Kier molecular flexibility index (Phi) is 1.62. The van der Waals surface area contributed by atoms with E-state index in [0.29, 0.717) is 5.56 Å². The molecule has 0 aliphatic carbocycles. The fraction of sp³-hybridized carbons (Fsp3) is 0.111. The number of benzene rings is 1. The summed E-state index contributed by atoms with van der Waals surface area (Å²) >= 11 is 0. The van der Waals surface area contributed by atoms with Gasteiger partial charge in [0.05, 0.1) is 12.0 Å².